The van der Waals surface area contributed by atoms with Gasteiger partial charge >= 0.3 is 0 Å². The zero-order valence-electron chi connectivity index (χ0n) is 16.9. The zero-order valence-corrected chi connectivity index (χ0v) is 18.6. The molecule has 0 spiro atoms. The van der Waals surface area contributed by atoms with Crippen molar-refractivity contribution in [1.29, 1.82) is 0 Å². The van der Waals surface area contributed by atoms with Crippen LogP contribution in [0.4, 0.5) is 5.82 Å². The second-order valence-corrected chi connectivity index (χ2v) is 10.6. The fraction of sp³-hybridized carbons (Fsp3) is 0.478. The summed E-state index contributed by atoms with van der Waals surface area (Å²) in [6, 6.07) is 10.9. The minimum Gasteiger partial charge on any atom is -0.383 e. The topological polar surface area (TPSA) is 55.0 Å². The number of piperidine rings is 1. The molecule has 4 nitrogen and oxygen atoms in total. The summed E-state index contributed by atoms with van der Waals surface area (Å²) < 4.78 is 0. The lowest BCUT2D eigenvalue weighted by atomic mass is 9.83. The molecular weight excluding hydrogens is 396 g/mol. The van der Waals surface area contributed by atoms with Gasteiger partial charge in [-0.15, -0.1) is 11.3 Å². The molecule has 0 bridgehead atoms. The van der Waals surface area contributed by atoms with Crippen molar-refractivity contribution in [2.45, 2.75) is 43.2 Å². The van der Waals surface area contributed by atoms with Crippen molar-refractivity contribution in [3.63, 3.8) is 0 Å². The monoisotopic (exact) mass is 424 g/mol. The van der Waals surface area contributed by atoms with E-state index in [0.29, 0.717) is 11.7 Å². The van der Waals surface area contributed by atoms with Crippen molar-refractivity contribution in [1.82, 2.24) is 14.9 Å². The number of nitrogens with zero attached hydrogens (tertiary/aromatic N) is 3. The number of hydrogen-bond acceptors (Lipinski definition) is 6. The van der Waals surface area contributed by atoms with Crippen molar-refractivity contribution < 1.29 is 0 Å². The van der Waals surface area contributed by atoms with Gasteiger partial charge < -0.3 is 10.6 Å². The summed E-state index contributed by atoms with van der Waals surface area (Å²) in [6.07, 6.45) is 5.95. The summed E-state index contributed by atoms with van der Waals surface area (Å²) in [6.45, 7) is 2.40. The highest BCUT2D eigenvalue weighted by Crippen LogP contribution is 2.42. The van der Waals surface area contributed by atoms with E-state index >= 15 is 0 Å². The van der Waals surface area contributed by atoms with Crippen molar-refractivity contribution in [3.8, 4) is 0 Å². The first-order chi connectivity index (χ1) is 14.2. The first-order valence-electron chi connectivity index (χ1n) is 10.6. The molecule has 2 aromatic heterocycles. The van der Waals surface area contributed by atoms with Crippen molar-refractivity contribution >= 4 is 39.1 Å². The summed E-state index contributed by atoms with van der Waals surface area (Å²) in [5, 5.41) is 1.97. The summed E-state index contributed by atoms with van der Waals surface area (Å²) in [5.41, 5.74) is 9.29. The van der Waals surface area contributed by atoms with Gasteiger partial charge in [0.05, 0.1) is 5.39 Å². The molecule has 1 saturated heterocycles. The highest BCUT2D eigenvalue weighted by atomic mass is 32.2. The van der Waals surface area contributed by atoms with Gasteiger partial charge in [0.25, 0.3) is 0 Å². The molecule has 0 saturated carbocycles. The van der Waals surface area contributed by atoms with E-state index in [1.807, 2.05) is 11.3 Å². The number of benzene rings is 1. The van der Waals surface area contributed by atoms with Crippen molar-refractivity contribution in [3.05, 3.63) is 46.3 Å². The van der Waals surface area contributed by atoms with Crippen LogP contribution >= 0.6 is 23.1 Å². The molecule has 5 rings (SSSR count). The third-order valence-corrected chi connectivity index (χ3v) is 8.58. The second-order valence-electron chi connectivity index (χ2n) is 8.51. The molecule has 2 atom stereocenters. The minimum absolute atomic E-state index is 0.600. The number of fused-ring (bicyclic) bond motifs is 3. The van der Waals surface area contributed by atoms with Crippen LogP contribution in [-0.4, -0.2) is 40.8 Å². The van der Waals surface area contributed by atoms with Gasteiger partial charge in [0.15, 0.2) is 5.16 Å². The van der Waals surface area contributed by atoms with E-state index in [0.717, 1.165) is 39.9 Å². The summed E-state index contributed by atoms with van der Waals surface area (Å²) in [7, 11) is 2.22. The van der Waals surface area contributed by atoms with E-state index in [4.69, 9.17) is 10.7 Å². The Morgan fingerprint density at radius 1 is 1.21 bits per heavy atom. The first-order valence-corrected chi connectivity index (χ1v) is 12.4. The maximum Gasteiger partial charge on any atom is 0.190 e. The van der Waals surface area contributed by atoms with Gasteiger partial charge in [-0.2, -0.15) is 0 Å². The Balaban J connectivity index is 1.36. The lowest BCUT2D eigenvalue weighted by Crippen LogP contribution is -2.33. The van der Waals surface area contributed by atoms with Crippen LogP contribution in [0.15, 0.2) is 35.5 Å². The van der Waals surface area contributed by atoms with Crippen LogP contribution in [-0.2, 0) is 12.8 Å². The molecule has 29 heavy (non-hydrogen) atoms. The van der Waals surface area contributed by atoms with Crippen LogP contribution in [0.1, 0.15) is 41.2 Å². The van der Waals surface area contributed by atoms with Crippen LogP contribution < -0.4 is 5.73 Å². The van der Waals surface area contributed by atoms with Gasteiger partial charge in [-0.25, -0.2) is 9.97 Å². The average molecular weight is 425 g/mol. The Morgan fingerprint density at radius 2 is 2.07 bits per heavy atom. The Bertz CT molecular complexity index is 1000. The highest BCUT2D eigenvalue weighted by Gasteiger charge is 2.26. The molecule has 1 aliphatic heterocycles. The number of thiophene rings is 1. The lowest BCUT2D eigenvalue weighted by Gasteiger charge is -2.29. The van der Waals surface area contributed by atoms with E-state index in [2.05, 4.69) is 47.3 Å². The molecule has 1 aromatic carbocycles. The number of aromatic nitrogens is 2. The Hall–Kier alpha value is -1.63. The molecule has 0 amide bonds. The fourth-order valence-corrected chi connectivity index (χ4v) is 7.20. The van der Waals surface area contributed by atoms with Gasteiger partial charge in [-0.3, -0.25) is 0 Å². The van der Waals surface area contributed by atoms with Crippen LogP contribution in [0.25, 0.3) is 10.2 Å². The summed E-state index contributed by atoms with van der Waals surface area (Å²) in [4.78, 5) is 14.6. The number of anilines is 1. The number of rotatable bonds is 4. The third-order valence-electron chi connectivity index (χ3n) is 6.36. The fourth-order valence-electron chi connectivity index (χ4n) is 4.86. The largest absolute Gasteiger partial charge is 0.383 e. The molecular formula is C23H28N4S2. The maximum atomic E-state index is 6.44. The van der Waals surface area contributed by atoms with Gasteiger partial charge in [-0.1, -0.05) is 42.1 Å². The van der Waals surface area contributed by atoms with E-state index in [9.17, 15) is 0 Å². The molecule has 3 aromatic rings. The molecule has 0 radical (unpaired) electrons. The van der Waals surface area contributed by atoms with Gasteiger partial charge in [0.2, 0.25) is 0 Å². The van der Waals surface area contributed by atoms with Crippen molar-refractivity contribution in [2.24, 2.45) is 5.92 Å². The van der Waals surface area contributed by atoms with Gasteiger partial charge in [-0.05, 0) is 68.7 Å². The SMILES string of the molecule is CN1CCCC(CSc2nc(N)c3c4c(sc3n2)CC(c2ccccc2)CC4)C1. The standard InChI is InChI=1S/C23H28N4S2/c1-27-11-5-6-15(13-27)14-28-23-25-21(24)20-18-10-9-17(16-7-3-2-4-8-16)12-19(18)29-22(20)26-23/h2-4,7-8,15,17H,5-6,9-14H2,1H3,(H2,24,25,26). The number of nitrogens with two attached hydrogens (primary N) is 1. The molecule has 1 aliphatic carbocycles. The predicted molar refractivity (Wildman–Crippen MR) is 124 cm³/mol. The molecule has 1 fully saturated rings. The maximum absolute atomic E-state index is 6.44. The van der Waals surface area contributed by atoms with E-state index in [1.165, 1.54) is 48.4 Å². The van der Waals surface area contributed by atoms with E-state index < -0.39 is 0 Å². The Morgan fingerprint density at radius 3 is 2.90 bits per heavy atom. The Labute approximate surface area is 180 Å². The van der Waals surface area contributed by atoms with Gasteiger partial charge in [0.1, 0.15) is 10.6 Å². The van der Waals surface area contributed by atoms with Crippen LogP contribution in [0.3, 0.4) is 0 Å². The molecule has 2 unspecified atom stereocenters. The third kappa shape index (κ3) is 4.03. The first kappa shape index (κ1) is 19.3. The summed E-state index contributed by atoms with van der Waals surface area (Å²) >= 11 is 3.61. The minimum atomic E-state index is 0.600. The highest BCUT2D eigenvalue weighted by molar-refractivity contribution is 7.99. The number of likely N-dealkylation sites (tertiary alicyclic amines) is 1. The lowest BCUT2D eigenvalue weighted by molar-refractivity contribution is 0.224. The quantitative estimate of drug-likeness (QED) is 0.473. The summed E-state index contributed by atoms with van der Waals surface area (Å²) in [5.74, 6) is 3.08. The zero-order chi connectivity index (χ0) is 19.8. The number of hydrogen-bond donors (Lipinski definition) is 1. The number of thioether (sulfide) groups is 1. The molecule has 6 heteroatoms. The molecule has 3 heterocycles. The normalized spacial score (nSPS) is 22.7. The Kier molecular flexibility index (Phi) is 5.50. The van der Waals surface area contributed by atoms with E-state index in [1.54, 1.807) is 11.8 Å². The number of aryl methyl sites for hydroxylation is 1. The van der Waals surface area contributed by atoms with Crippen LogP contribution in [0.5, 0.6) is 0 Å². The molecule has 2 N–H and O–H groups in total. The predicted octanol–water partition coefficient (Wildman–Crippen LogP) is 4.98. The van der Waals surface area contributed by atoms with E-state index in [-0.39, 0.29) is 0 Å². The molecule has 2 aliphatic rings. The average Bonchev–Trinajstić information content (AvgIpc) is 3.11. The van der Waals surface area contributed by atoms with Gasteiger partial charge in [0, 0.05) is 17.2 Å². The molecule has 152 valence electrons. The number of nitrogen functional groups attached to an aromatic ring is 1. The van der Waals surface area contributed by atoms with Crippen molar-refractivity contribution in [2.75, 3.05) is 31.6 Å². The van der Waals surface area contributed by atoms with Crippen LogP contribution in [0, 0.1) is 5.92 Å². The van der Waals surface area contributed by atoms with Crippen LogP contribution in [0.2, 0.25) is 0 Å². The smallest absolute Gasteiger partial charge is 0.190 e. The second kappa shape index (κ2) is 8.25.